The number of carbonyl (C=O) groups is 1. The van der Waals surface area contributed by atoms with Gasteiger partial charge in [0, 0.05) is 6.42 Å². The standard InChI is InChI=1S/C12H12F4O3/c1-19-11(18)5-4-10(17)8-3-2-7(13)6-9(8)12(14,15)16/h2-3,6,10,17H,4-5H2,1H3. The number of aliphatic hydroxyl groups excluding tert-OH is 1. The average molecular weight is 280 g/mol. The molecule has 0 radical (unpaired) electrons. The van der Waals surface area contributed by atoms with Gasteiger partial charge in [0.1, 0.15) is 5.82 Å². The lowest BCUT2D eigenvalue weighted by atomic mass is 9.98. The number of aliphatic hydroxyl groups is 1. The number of carbonyl (C=O) groups excluding carboxylic acids is 1. The van der Waals surface area contributed by atoms with E-state index in [1.807, 2.05) is 0 Å². The number of halogens is 4. The summed E-state index contributed by atoms with van der Waals surface area (Å²) in [6.45, 7) is 0. The summed E-state index contributed by atoms with van der Waals surface area (Å²) in [5, 5.41) is 9.67. The van der Waals surface area contributed by atoms with Gasteiger partial charge in [0.05, 0.1) is 18.8 Å². The maximum atomic E-state index is 12.9. The number of benzene rings is 1. The third kappa shape index (κ3) is 4.20. The van der Waals surface area contributed by atoms with Gasteiger partial charge in [-0.05, 0) is 24.1 Å². The van der Waals surface area contributed by atoms with E-state index < -0.39 is 35.2 Å². The first-order valence-corrected chi connectivity index (χ1v) is 5.37. The van der Waals surface area contributed by atoms with Crippen molar-refractivity contribution in [3.8, 4) is 0 Å². The Balaban J connectivity index is 2.96. The van der Waals surface area contributed by atoms with Crippen LogP contribution in [0.4, 0.5) is 17.6 Å². The number of methoxy groups -OCH3 is 1. The van der Waals surface area contributed by atoms with Gasteiger partial charge in [-0.15, -0.1) is 0 Å². The van der Waals surface area contributed by atoms with E-state index >= 15 is 0 Å². The van der Waals surface area contributed by atoms with E-state index in [1.165, 1.54) is 0 Å². The van der Waals surface area contributed by atoms with Crippen molar-refractivity contribution in [2.45, 2.75) is 25.1 Å². The molecular weight excluding hydrogens is 268 g/mol. The number of alkyl halides is 3. The molecule has 0 spiro atoms. The third-order valence-electron chi connectivity index (χ3n) is 2.53. The van der Waals surface area contributed by atoms with Crippen LogP contribution in [0.15, 0.2) is 18.2 Å². The van der Waals surface area contributed by atoms with Gasteiger partial charge >= 0.3 is 12.1 Å². The first-order valence-electron chi connectivity index (χ1n) is 5.37. The number of esters is 1. The molecule has 0 saturated carbocycles. The van der Waals surface area contributed by atoms with Gasteiger partial charge in [0.15, 0.2) is 0 Å². The Morgan fingerprint density at radius 1 is 1.42 bits per heavy atom. The topological polar surface area (TPSA) is 46.5 Å². The van der Waals surface area contributed by atoms with E-state index in [4.69, 9.17) is 0 Å². The van der Waals surface area contributed by atoms with Crippen molar-refractivity contribution in [2.75, 3.05) is 7.11 Å². The van der Waals surface area contributed by atoms with Gasteiger partial charge < -0.3 is 9.84 Å². The van der Waals surface area contributed by atoms with Gasteiger partial charge in [-0.25, -0.2) is 4.39 Å². The van der Waals surface area contributed by atoms with E-state index in [0.717, 1.165) is 19.2 Å². The Morgan fingerprint density at radius 3 is 2.58 bits per heavy atom. The van der Waals surface area contributed by atoms with Gasteiger partial charge in [0.2, 0.25) is 0 Å². The smallest absolute Gasteiger partial charge is 0.416 e. The fourth-order valence-electron chi connectivity index (χ4n) is 1.58. The SMILES string of the molecule is COC(=O)CCC(O)c1ccc(F)cc1C(F)(F)F. The molecule has 0 amide bonds. The van der Waals surface area contributed by atoms with Gasteiger partial charge in [-0.3, -0.25) is 4.79 Å². The zero-order valence-electron chi connectivity index (χ0n) is 10.00. The van der Waals surface area contributed by atoms with Crippen LogP contribution < -0.4 is 0 Å². The molecule has 1 aromatic carbocycles. The van der Waals surface area contributed by atoms with Crippen molar-refractivity contribution in [3.63, 3.8) is 0 Å². The molecule has 0 fully saturated rings. The molecule has 3 nitrogen and oxygen atoms in total. The molecule has 0 saturated heterocycles. The number of hydrogen-bond acceptors (Lipinski definition) is 3. The molecule has 19 heavy (non-hydrogen) atoms. The maximum Gasteiger partial charge on any atom is 0.416 e. The molecule has 0 aliphatic carbocycles. The van der Waals surface area contributed by atoms with Crippen LogP contribution in [0.5, 0.6) is 0 Å². The second-order valence-electron chi connectivity index (χ2n) is 3.86. The first-order chi connectivity index (χ1) is 8.75. The molecule has 0 aliphatic heterocycles. The van der Waals surface area contributed by atoms with Crippen molar-refractivity contribution >= 4 is 5.97 Å². The Hall–Kier alpha value is -1.63. The molecule has 0 aliphatic rings. The van der Waals surface area contributed by atoms with E-state index in [2.05, 4.69) is 4.74 Å². The zero-order valence-corrected chi connectivity index (χ0v) is 10.00. The molecule has 0 bridgehead atoms. The Bertz CT molecular complexity index is 457. The molecule has 1 rings (SSSR count). The highest BCUT2D eigenvalue weighted by Gasteiger charge is 2.35. The van der Waals surface area contributed by atoms with E-state index in [-0.39, 0.29) is 12.8 Å². The first kappa shape index (κ1) is 15.4. The number of hydrogen-bond donors (Lipinski definition) is 1. The van der Waals surface area contributed by atoms with Crippen molar-refractivity contribution in [2.24, 2.45) is 0 Å². The number of rotatable bonds is 4. The normalized spacial score (nSPS) is 13.2. The monoisotopic (exact) mass is 280 g/mol. The lowest BCUT2D eigenvalue weighted by molar-refractivity contribution is -0.141. The quantitative estimate of drug-likeness (QED) is 0.681. The summed E-state index contributed by atoms with van der Waals surface area (Å²) in [7, 11) is 1.13. The van der Waals surface area contributed by atoms with Gasteiger partial charge in [-0.1, -0.05) is 6.07 Å². The minimum atomic E-state index is -4.77. The maximum absolute atomic E-state index is 12.9. The minimum absolute atomic E-state index is 0.230. The summed E-state index contributed by atoms with van der Waals surface area (Å²) in [4.78, 5) is 10.9. The van der Waals surface area contributed by atoms with Crippen LogP contribution >= 0.6 is 0 Å². The van der Waals surface area contributed by atoms with Gasteiger partial charge in [0.25, 0.3) is 0 Å². The molecule has 1 N–H and O–H groups in total. The fourth-order valence-corrected chi connectivity index (χ4v) is 1.58. The highest BCUT2D eigenvalue weighted by molar-refractivity contribution is 5.69. The predicted molar refractivity (Wildman–Crippen MR) is 57.6 cm³/mol. The lowest BCUT2D eigenvalue weighted by Gasteiger charge is -2.17. The van der Waals surface area contributed by atoms with Crippen LogP contribution in [-0.4, -0.2) is 18.2 Å². The summed E-state index contributed by atoms with van der Waals surface area (Å²) in [6.07, 6.45) is -6.76. The highest BCUT2D eigenvalue weighted by Crippen LogP contribution is 2.36. The second kappa shape index (κ2) is 6.01. The molecular formula is C12H12F4O3. The summed E-state index contributed by atoms with van der Waals surface area (Å²) in [6, 6.07) is 2.00. The average Bonchev–Trinajstić information content (AvgIpc) is 2.34. The molecule has 1 aromatic rings. The Kier molecular flexibility index (Phi) is 4.88. The number of ether oxygens (including phenoxy) is 1. The van der Waals surface area contributed by atoms with Crippen LogP contribution in [0.1, 0.15) is 30.1 Å². The fraction of sp³-hybridized carbons (Fsp3) is 0.417. The highest BCUT2D eigenvalue weighted by atomic mass is 19.4. The lowest BCUT2D eigenvalue weighted by Crippen LogP contribution is -2.13. The Morgan fingerprint density at radius 2 is 2.05 bits per heavy atom. The zero-order chi connectivity index (χ0) is 14.6. The van der Waals surface area contributed by atoms with Crippen LogP contribution in [0.25, 0.3) is 0 Å². The second-order valence-corrected chi connectivity index (χ2v) is 3.86. The van der Waals surface area contributed by atoms with Gasteiger partial charge in [-0.2, -0.15) is 13.2 Å². The van der Waals surface area contributed by atoms with Crippen molar-refractivity contribution in [1.82, 2.24) is 0 Å². The summed E-state index contributed by atoms with van der Waals surface area (Å²) in [5.41, 5.74) is -1.71. The van der Waals surface area contributed by atoms with Crippen molar-refractivity contribution < 1.29 is 32.2 Å². The molecule has 1 unspecified atom stereocenters. The summed E-state index contributed by atoms with van der Waals surface area (Å²) in [5.74, 6) is -1.69. The third-order valence-corrected chi connectivity index (χ3v) is 2.53. The van der Waals surface area contributed by atoms with Crippen molar-refractivity contribution in [1.29, 1.82) is 0 Å². The molecule has 1 atom stereocenters. The summed E-state index contributed by atoms with van der Waals surface area (Å²) < 4.78 is 55.2. The van der Waals surface area contributed by atoms with Crippen molar-refractivity contribution in [3.05, 3.63) is 35.1 Å². The van der Waals surface area contributed by atoms with Crippen LogP contribution in [0.3, 0.4) is 0 Å². The largest absolute Gasteiger partial charge is 0.469 e. The molecule has 7 heteroatoms. The van der Waals surface area contributed by atoms with Crippen LogP contribution in [0, 0.1) is 5.82 Å². The Labute approximate surface area is 106 Å². The van der Waals surface area contributed by atoms with E-state index in [9.17, 15) is 27.5 Å². The molecule has 0 heterocycles. The molecule has 0 aromatic heterocycles. The molecule has 106 valence electrons. The minimum Gasteiger partial charge on any atom is -0.469 e. The van der Waals surface area contributed by atoms with Crippen LogP contribution in [0.2, 0.25) is 0 Å². The van der Waals surface area contributed by atoms with Crippen LogP contribution in [-0.2, 0) is 15.7 Å². The summed E-state index contributed by atoms with van der Waals surface area (Å²) >= 11 is 0. The van der Waals surface area contributed by atoms with E-state index in [0.29, 0.717) is 6.07 Å². The van der Waals surface area contributed by atoms with E-state index in [1.54, 1.807) is 0 Å². The predicted octanol–water partition coefficient (Wildman–Crippen LogP) is 2.83.